The van der Waals surface area contributed by atoms with Crippen LogP contribution in [0.1, 0.15) is 31.4 Å². The molecule has 3 N–H and O–H groups in total. The molecular formula is C17H22N2O4S. The highest BCUT2D eigenvalue weighted by Crippen LogP contribution is 2.39. The summed E-state index contributed by atoms with van der Waals surface area (Å²) in [6, 6.07) is 4.60. The van der Waals surface area contributed by atoms with Gasteiger partial charge >= 0.3 is 0 Å². The summed E-state index contributed by atoms with van der Waals surface area (Å²) in [6.07, 6.45) is 0.0560. The van der Waals surface area contributed by atoms with Crippen molar-refractivity contribution in [2.45, 2.75) is 50.2 Å². The molecule has 2 atom stereocenters. The van der Waals surface area contributed by atoms with Gasteiger partial charge in [0.2, 0.25) is 11.8 Å². The Morgan fingerprint density at radius 3 is 2.38 bits per heavy atom. The molecule has 2 amide bonds. The molecule has 2 rings (SSSR count). The first-order valence-corrected chi connectivity index (χ1v) is 8.59. The summed E-state index contributed by atoms with van der Waals surface area (Å²) < 4.78 is -0.823. The number of nitrogens with zero attached hydrogens (tertiary/aromatic N) is 1. The maximum Gasteiger partial charge on any atom is 0.247 e. The number of carboxylic acid groups (broad SMARTS) is 1. The predicted molar refractivity (Wildman–Crippen MR) is 90.2 cm³/mol. The largest absolute Gasteiger partial charge is 0.544 e. The molecule has 0 spiro atoms. The van der Waals surface area contributed by atoms with Crippen molar-refractivity contribution in [2.24, 2.45) is 0 Å². The van der Waals surface area contributed by atoms with E-state index in [9.17, 15) is 19.5 Å². The summed E-state index contributed by atoms with van der Waals surface area (Å²) in [5, 5.41) is 10.5. The predicted octanol–water partition coefficient (Wildman–Crippen LogP) is -0.192. The average Bonchev–Trinajstić information content (AvgIpc) is 2.73. The maximum atomic E-state index is 12.8. The zero-order chi connectivity index (χ0) is 18.2. The molecule has 1 aliphatic rings. The number of aliphatic carboxylic acids is 1. The van der Waals surface area contributed by atoms with E-state index < -0.39 is 22.0 Å². The van der Waals surface area contributed by atoms with Crippen LogP contribution in [0.25, 0.3) is 0 Å². The first-order valence-electron chi connectivity index (χ1n) is 7.71. The molecule has 24 heavy (non-hydrogen) atoms. The molecule has 0 radical (unpaired) electrons. The van der Waals surface area contributed by atoms with E-state index in [1.165, 1.54) is 16.7 Å². The minimum absolute atomic E-state index is 0.0560. The molecule has 130 valence electrons. The molecule has 6 nitrogen and oxygen atoms in total. The Hall–Kier alpha value is -1.86. The Labute approximate surface area is 145 Å². The summed E-state index contributed by atoms with van der Waals surface area (Å²) in [6.45, 7) is 7.11. The fraction of sp³-hybridized carbons (Fsp3) is 0.471. The number of hydrogen-bond acceptors (Lipinski definition) is 5. The van der Waals surface area contributed by atoms with E-state index in [2.05, 4.69) is 5.73 Å². The smallest absolute Gasteiger partial charge is 0.247 e. The Balaban J connectivity index is 2.28. The lowest BCUT2D eigenvalue weighted by Crippen LogP contribution is -2.75. The van der Waals surface area contributed by atoms with Crippen LogP contribution in [0, 0.1) is 13.8 Å². The van der Waals surface area contributed by atoms with Crippen molar-refractivity contribution in [3.63, 3.8) is 0 Å². The van der Waals surface area contributed by atoms with Gasteiger partial charge in [0.1, 0.15) is 12.0 Å². The lowest BCUT2D eigenvalue weighted by Gasteiger charge is -2.30. The maximum absolute atomic E-state index is 12.8. The highest BCUT2D eigenvalue weighted by atomic mass is 32.2. The summed E-state index contributed by atoms with van der Waals surface area (Å²) in [4.78, 5) is 37.6. The number of carboxylic acids is 1. The molecule has 0 aliphatic carbocycles. The van der Waals surface area contributed by atoms with Crippen molar-refractivity contribution < 1.29 is 25.2 Å². The van der Waals surface area contributed by atoms with Gasteiger partial charge in [-0.15, -0.1) is 11.8 Å². The highest BCUT2D eigenvalue weighted by molar-refractivity contribution is 8.02. The van der Waals surface area contributed by atoms with Gasteiger partial charge in [0, 0.05) is 6.42 Å². The number of aryl methyl sites for hydroxylation is 2. The number of carbonyl (C=O) groups excluding carboxylic acids is 3. The van der Waals surface area contributed by atoms with Crippen LogP contribution >= 0.6 is 11.8 Å². The van der Waals surface area contributed by atoms with Crippen LogP contribution in [0.15, 0.2) is 18.2 Å². The molecule has 0 unspecified atom stereocenters. The number of imide groups is 1. The third-order valence-corrected chi connectivity index (χ3v) is 5.88. The van der Waals surface area contributed by atoms with Gasteiger partial charge in [0.15, 0.2) is 0 Å². The first-order chi connectivity index (χ1) is 11.1. The minimum atomic E-state index is -1.27. The summed E-state index contributed by atoms with van der Waals surface area (Å²) in [5.74, 6) is -1.84. The summed E-state index contributed by atoms with van der Waals surface area (Å²) >= 11 is 1.17. The van der Waals surface area contributed by atoms with Gasteiger partial charge < -0.3 is 15.6 Å². The van der Waals surface area contributed by atoms with Crippen LogP contribution < -0.4 is 15.7 Å². The molecule has 1 aromatic carbocycles. The SMILES string of the molecule is Cc1cccc(C)c1N1C(=O)C[C@@H](SC(C)(C)[C@@H]([NH3+])C(=O)[O-])C1=O. The number of rotatable bonds is 5. The zero-order valence-corrected chi connectivity index (χ0v) is 15.1. The Morgan fingerprint density at radius 1 is 1.33 bits per heavy atom. The number of hydrogen-bond donors (Lipinski definition) is 1. The number of anilines is 1. The molecule has 1 fully saturated rings. The van der Waals surface area contributed by atoms with Crippen molar-refractivity contribution in [3.8, 4) is 0 Å². The van der Waals surface area contributed by atoms with Crippen molar-refractivity contribution >= 4 is 35.2 Å². The van der Waals surface area contributed by atoms with E-state index >= 15 is 0 Å². The fourth-order valence-corrected chi connectivity index (χ4v) is 4.25. The summed E-state index contributed by atoms with van der Waals surface area (Å²) in [7, 11) is 0. The minimum Gasteiger partial charge on any atom is -0.544 e. The Kier molecular flexibility index (Phi) is 5.05. The quantitative estimate of drug-likeness (QED) is 0.741. The third-order valence-electron chi connectivity index (χ3n) is 4.34. The average molecular weight is 350 g/mol. The zero-order valence-electron chi connectivity index (χ0n) is 14.3. The van der Waals surface area contributed by atoms with Crippen molar-refractivity contribution in [2.75, 3.05) is 4.90 Å². The van der Waals surface area contributed by atoms with Crippen LogP contribution in [0.3, 0.4) is 0 Å². The second-order valence-corrected chi connectivity index (χ2v) is 8.45. The van der Waals surface area contributed by atoms with Gasteiger partial charge in [-0.2, -0.15) is 0 Å². The van der Waals surface area contributed by atoms with Crippen molar-refractivity contribution in [1.82, 2.24) is 0 Å². The van der Waals surface area contributed by atoms with Gasteiger partial charge in [-0.1, -0.05) is 18.2 Å². The number of amides is 2. The van der Waals surface area contributed by atoms with E-state index in [0.29, 0.717) is 5.69 Å². The number of benzene rings is 1. The second-order valence-electron chi connectivity index (χ2n) is 6.59. The topological polar surface area (TPSA) is 105 Å². The van der Waals surface area contributed by atoms with Gasteiger partial charge in [-0.05, 0) is 38.8 Å². The van der Waals surface area contributed by atoms with Gasteiger partial charge in [0.05, 0.1) is 15.7 Å². The lowest BCUT2D eigenvalue weighted by molar-refractivity contribution is -0.442. The van der Waals surface area contributed by atoms with Crippen LogP contribution in [0.4, 0.5) is 5.69 Å². The Morgan fingerprint density at radius 2 is 1.88 bits per heavy atom. The molecule has 1 aromatic rings. The second kappa shape index (κ2) is 6.57. The van der Waals surface area contributed by atoms with E-state index in [0.717, 1.165) is 11.1 Å². The van der Waals surface area contributed by atoms with E-state index in [-0.39, 0.29) is 18.2 Å². The van der Waals surface area contributed by atoms with Crippen LogP contribution in [-0.4, -0.2) is 33.8 Å². The molecule has 0 saturated carbocycles. The number of para-hydroxylation sites is 1. The van der Waals surface area contributed by atoms with Crippen LogP contribution in [-0.2, 0) is 14.4 Å². The molecular weight excluding hydrogens is 328 g/mol. The molecule has 1 heterocycles. The number of carbonyl (C=O) groups is 3. The third kappa shape index (κ3) is 3.32. The van der Waals surface area contributed by atoms with E-state index in [1.807, 2.05) is 32.0 Å². The molecule has 7 heteroatoms. The van der Waals surface area contributed by atoms with Crippen molar-refractivity contribution in [1.29, 1.82) is 0 Å². The monoisotopic (exact) mass is 350 g/mol. The molecule has 0 aromatic heterocycles. The van der Waals surface area contributed by atoms with Gasteiger partial charge in [-0.3, -0.25) is 9.59 Å². The lowest BCUT2D eigenvalue weighted by atomic mass is 10.1. The standard InChI is InChI=1S/C17H22N2O4S/c1-9-6-5-7-10(2)13(9)19-12(20)8-11(15(19)21)24-17(3,4)14(18)16(22)23/h5-7,11,14H,8,18H2,1-4H3,(H,22,23)/t11-,14+/m1/s1. The Bertz CT molecular complexity index is 682. The highest BCUT2D eigenvalue weighted by Gasteiger charge is 2.45. The van der Waals surface area contributed by atoms with Crippen LogP contribution in [0.2, 0.25) is 0 Å². The molecule has 1 aliphatic heterocycles. The first kappa shape index (κ1) is 18.5. The van der Waals surface area contributed by atoms with E-state index in [4.69, 9.17) is 0 Å². The number of quaternary nitrogens is 1. The fourth-order valence-electron chi connectivity index (χ4n) is 2.82. The molecule has 0 bridgehead atoms. The van der Waals surface area contributed by atoms with E-state index in [1.54, 1.807) is 13.8 Å². The van der Waals surface area contributed by atoms with Crippen molar-refractivity contribution in [3.05, 3.63) is 29.3 Å². The summed E-state index contributed by atoms with van der Waals surface area (Å²) in [5.41, 5.74) is 5.94. The number of thioether (sulfide) groups is 1. The van der Waals surface area contributed by atoms with Gasteiger partial charge in [0.25, 0.3) is 0 Å². The molecule has 1 saturated heterocycles. The van der Waals surface area contributed by atoms with Crippen LogP contribution in [0.5, 0.6) is 0 Å². The normalized spacial score (nSPS) is 19.7. The van der Waals surface area contributed by atoms with Gasteiger partial charge in [-0.25, -0.2) is 4.90 Å².